The predicted molar refractivity (Wildman–Crippen MR) is 164 cm³/mol. The van der Waals surface area contributed by atoms with Crippen LogP contribution >= 0.6 is 0 Å². The van der Waals surface area contributed by atoms with Crippen LogP contribution in [-0.4, -0.2) is 48.9 Å². The molecule has 0 bridgehead atoms. The van der Waals surface area contributed by atoms with Gasteiger partial charge in [0.25, 0.3) is 0 Å². The second-order valence-electron chi connectivity index (χ2n) is 11.3. The molecule has 0 aliphatic carbocycles. The maximum atomic E-state index is 14.2. The highest BCUT2D eigenvalue weighted by Gasteiger charge is 2.65. The molecular weight excluding hydrogens is 572 g/mol. The smallest absolute Gasteiger partial charge is 0.335 e. The normalized spacial score (nSPS) is 22.5. The van der Waals surface area contributed by atoms with Crippen LogP contribution in [0, 0.1) is 11.8 Å². The molecule has 9 nitrogen and oxygen atoms in total. The van der Waals surface area contributed by atoms with E-state index in [1.165, 1.54) is 0 Å². The first-order chi connectivity index (χ1) is 22.0. The fourth-order valence-corrected chi connectivity index (χ4v) is 6.82. The summed E-state index contributed by atoms with van der Waals surface area (Å²) in [7, 11) is 0. The van der Waals surface area contributed by atoms with Gasteiger partial charge in [-0.15, -0.1) is 0 Å². The van der Waals surface area contributed by atoms with E-state index in [0.717, 1.165) is 16.2 Å². The van der Waals surface area contributed by atoms with E-state index < -0.39 is 35.8 Å². The molecule has 9 heteroatoms. The Bertz CT molecular complexity index is 1900. The minimum absolute atomic E-state index is 0.152. The number of carbonyl (C=O) groups excluding carboxylic acids is 4. The summed E-state index contributed by atoms with van der Waals surface area (Å²) in [6.45, 7) is 0.777. The highest BCUT2D eigenvalue weighted by Crippen LogP contribution is 2.50. The van der Waals surface area contributed by atoms with Gasteiger partial charge in [-0.2, -0.15) is 0 Å². The van der Waals surface area contributed by atoms with Crippen LogP contribution in [0.5, 0.6) is 17.2 Å². The largest absolute Gasteiger partial charge is 0.486 e. The zero-order valence-corrected chi connectivity index (χ0v) is 23.9. The van der Waals surface area contributed by atoms with Crippen LogP contribution in [0.25, 0.3) is 6.08 Å². The molecule has 2 amide bonds. The highest BCUT2D eigenvalue weighted by molar-refractivity contribution is 6.24. The maximum absolute atomic E-state index is 14.2. The summed E-state index contributed by atoms with van der Waals surface area (Å²) in [5.41, 5.74) is 2.98. The first-order valence-corrected chi connectivity index (χ1v) is 14.7. The Morgan fingerprint density at radius 2 is 1.42 bits per heavy atom. The number of imide groups is 1. The minimum Gasteiger partial charge on any atom is -0.486 e. The number of esters is 1. The van der Waals surface area contributed by atoms with Crippen molar-refractivity contribution in [3.8, 4) is 17.2 Å². The van der Waals surface area contributed by atoms with Crippen LogP contribution in [-0.2, 0) is 14.4 Å². The van der Waals surface area contributed by atoms with Crippen molar-refractivity contribution in [2.24, 2.45) is 11.8 Å². The molecule has 4 aromatic rings. The molecule has 222 valence electrons. The number of amides is 2. The lowest BCUT2D eigenvalue weighted by molar-refractivity contribution is -0.139. The van der Waals surface area contributed by atoms with E-state index in [4.69, 9.17) is 14.2 Å². The molecule has 0 unspecified atom stereocenters. The Morgan fingerprint density at radius 3 is 2.22 bits per heavy atom. The third-order valence-electron chi connectivity index (χ3n) is 8.81. The van der Waals surface area contributed by atoms with Crippen LogP contribution in [0.1, 0.15) is 21.5 Å². The third-order valence-corrected chi connectivity index (χ3v) is 8.81. The molecule has 0 aromatic heterocycles. The van der Waals surface area contributed by atoms with Crippen molar-refractivity contribution in [3.63, 3.8) is 0 Å². The van der Waals surface area contributed by atoms with E-state index in [0.29, 0.717) is 41.5 Å². The zero-order chi connectivity index (χ0) is 30.7. The maximum Gasteiger partial charge on any atom is 0.335 e. The number of fused-ring (bicyclic) bond motifs is 6. The highest BCUT2D eigenvalue weighted by atomic mass is 16.6. The molecule has 0 N–H and O–H groups in total. The van der Waals surface area contributed by atoms with E-state index in [9.17, 15) is 19.2 Å². The molecule has 2 fully saturated rings. The van der Waals surface area contributed by atoms with E-state index in [-0.39, 0.29) is 17.4 Å². The number of para-hydroxylation sites is 1. The van der Waals surface area contributed by atoms with Gasteiger partial charge in [0, 0.05) is 22.9 Å². The summed E-state index contributed by atoms with van der Waals surface area (Å²) in [4.78, 5) is 58.2. The van der Waals surface area contributed by atoms with Crippen molar-refractivity contribution >= 4 is 41.0 Å². The second kappa shape index (κ2) is 10.5. The lowest BCUT2D eigenvalue weighted by Crippen LogP contribution is -2.50. The van der Waals surface area contributed by atoms with Crippen molar-refractivity contribution in [1.82, 2.24) is 0 Å². The number of benzene rings is 4. The molecular formula is C36H26N2O7. The first kappa shape index (κ1) is 26.9. The molecule has 0 radical (unpaired) electrons. The fourth-order valence-electron chi connectivity index (χ4n) is 6.82. The number of hydrogen-bond acceptors (Lipinski definition) is 8. The molecule has 4 aromatic carbocycles. The lowest BCUT2D eigenvalue weighted by Gasteiger charge is -2.36. The third kappa shape index (κ3) is 4.30. The van der Waals surface area contributed by atoms with Gasteiger partial charge in [-0.05, 0) is 48.0 Å². The second-order valence-corrected chi connectivity index (χ2v) is 11.3. The number of ether oxygens (including phenoxy) is 3. The van der Waals surface area contributed by atoms with Crippen molar-refractivity contribution in [2.75, 3.05) is 23.0 Å². The number of hydrogen-bond donors (Lipinski definition) is 0. The summed E-state index contributed by atoms with van der Waals surface area (Å²) >= 11 is 0. The molecule has 0 saturated carbocycles. The van der Waals surface area contributed by atoms with Crippen molar-refractivity contribution < 1.29 is 33.4 Å². The topological polar surface area (TPSA) is 102 Å². The lowest BCUT2D eigenvalue weighted by atomic mass is 9.89. The number of rotatable bonds is 5. The fraction of sp³-hybridized carbons (Fsp3) is 0.167. The Morgan fingerprint density at radius 1 is 0.733 bits per heavy atom. The van der Waals surface area contributed by atoms with Crippen LogP contribution < -0.4 is 24.0 Å². The van der Waals surface area contributed by atoms with Gasteiger partial charge in [-0.25, -0.2) is 9.69 Å². The monoisotopic (exact) mass is 598 g/mol. The Labute approximate surface area is 258 Å². The van der Waals surface area contributed by atoms with Gasteiger partial charge in [-0.3, -0.25) is 14.4 Å². The van der Waals surface area contributed by atoms with Crippen molar-refractivity contribution in [1.29, 1.82) is 0 Å². The van der Waals surface area contributed by atoms with Crippen LogP contribution in [0.4, 0.5) is 11.4 Å². The van der Waals surface area contributed by atoms with Gasteiger partial charge in [0.2, 0.25) is 11.8 Å². The molecule has 8 rings (SSSR count). The molecule has 4 aliphatic rings. The average Bonchev–Trinajstić information content (AvgIpc) is 3.57. The summed E-state index contributed by atoms with van der Waals surface area (Å²) in [5, 5.41) is 0. The predicted octanol–water partition coefficient (Wildman–Crippen LogP) is 4.68. The summed E-state index contributed by atoms with van der Waals surface area (Å²) in [5.74, 6) is -2.25. The molecule has 4 heterocycles. The molecule has 4 aliphatic heterocycles. The zero-order valence-electron chi connectivity index (χ0n) is 23.9. The number of nitrogens with zero attached hydrogens (tertiary/aromatic N) is 2. The van der Waals surface area contributed by atoms with E-state index in [2.05, 4.69) is 0 Å². The van der Waals surface area contributed by atoms with E-state index in [1.807, 2.05) is 47.4 Å². The van der Waals surface area contributed by atoms with Gasteiger partial charge in [0.05, 0.1) is 23.6 Å². The minimum atomic E-state index is -1.07. The van der Waals surface area contributed by atoms with Gasteiger partial charge in [0.1, 0.15) is 25.0 Å². The standard InChI is InChI=1S/C36H26N2O7/c39-33(22-7-2-1-3-8-22)23-10-14-25(15-11-23)45-36(42)32-31-30(27-16-12-21-6-4-5-9-26(21)38(27)32)34(40)37(35(31)41)24-13-17-28-29(20-24)44-19-18-43-28/h1-17,20,27,30-32H,18-19H2/t27-,30+,31-,32+/m1/s1. The Kier molecular flexibility index (Phi) is 6.26. The van der Waals surface area contributed by atoms with E-state index >= 15 is 0 Å². The number of carbonyl (C=O) groups is 4. The van der Waals surface area contributed by atoms with Crippen LogP contribution in [0.15, 0.2) is 103 Å². The SMILES string of the molecule is O=C(c1ccccc1)c1ccc(OC(=O)[C@@H]2[C@@H]3C(=O)N(c4ccc5c(c4)OCCO5)C(=O)[C@H]3[C@H]3C=Cc4ccccc4N32)cc1. The summed E-state index contributed by atoms with van der Waals surface area (Å²) in [6, 6.07) is 26.1. The van der Waals surface area contributed by atoms with Crippen LogP contribution in [0.3, 0.4) is 0 Å². The molecule has 4 atom stereocenters. The number of anilines is 2. The molecule has 2 saturated heterocycles. The summed E-state index contributed by atoms with van der Waals surface area (Å²) in [6.07, 6.45) is 3.81. The van der Waals surface area contributed by atoms with Crippen molar-refractivity contribution in [3.05, 3.63) is 120 Å². The molecule has 45 heavy (non-hydrogen) atoms. The van der Waals surface area contributed by atoms with Gasteiger partial charge in [-0.1, -0.05) is 60.7 Å². The Balaban J connectivity index is 1.13. The Hall–Kier alpha value is -5.70. The average molecular weight is 599 g/mol. The van der Waals surface area contributed by atoms with Gasteiger partial charge >= 0.3 is 5.97 Å². The quantitative estimate of drug-likeness (QED) is 0.141. The van der Waals surface area contributed by atoms with Gasteiger partial charge in [0.15, 0.2) is 17.3 Å². The van der Waals surface area contributed by atoms with Crippen molar-refractivity contribution in [2.45, 2.75) is 12.1 Å². The van der Waals surface area contributed by atoms with E-state index in [1.54, 1.807) is 66.7 Å². The van der Waals surface area contributed by atoms with Gasteiger partial charge < -0.3 is 19.1 Å². The molecule has 0 spiro atoms. The van der Waals surface area contributed by atoms with Crippen LogP contribution in [0.2, 0.25) is 0 Å². The summed E-state index contributed by atoms with van der Waals surface area (Å²) < 4.78 is 17.2. The number of ketones is 1. The first-order valence-electron chi connectivity index (χ1n) is 14.7.